The van der Waals surface area contributed by atoms with Crippen molar-refractivity contribution in [2.75, 3.05) is 32.1 Å². The molecule has 20 heavy (non-hydrogen) atoms. The van der Waals surface area contributed by atoms with Gasteiger partial charge in [0.15, 0.2) is 0 Å². The highest BCUT2D eigenvalue weighted by Gasteiger charge is 2.23. The molecule has 0 aromatic heterocycles. The summed E-state index contributed by atoms with van der Waals surface area (Å²) in [5.74, 6) is -0.453. The van der Waals surface area contributed by atoms with Crippen molar-refractivity contribution in [3.05, 3.63) is 33.9 Å². The summed E-state index contributed by atoms with van der Waals surface area (Å²) >= 11 is 0. The summed E-state index contributed by atoms with van der Waals surface area (Å²) in [5.41, 5.74) is 0.160. The van der Waals surface area contributed by atoms with Crippen LogP contribution >= 0.6 is 0 Å². The molecule has 110 valence electrons. The van der Waals surface area contributed by atoms with Crippen molar-refractivity contribution in [1.29, 1.82) is 0 Å². The summed E-state index contributed by atoms with van der Waals surface area (Å²) in [4.78, 5) is 22.5. The highest BCUT2D eigenvalue weighted by molar-refractivity contribution is 6.00. The molecule has 0 saturated carbocycles. The molecule has 7 nitrogen and oxygen atoms in total. The Morgan fingerprint density at radius 3 is 2.80 bits per heavy atom. The number of hydrogen-bond donors (Lipinski definition) is 2. The molecule has 7 heteroatoms. The van der Waals surface area contributed by atoms with E-state index < -0.39 is 10.8 Å². The highest BCUT2D eigenvalue weighted by Crippen LogP contribution is 2.27. The minimum absolute atomic E-state index is 0.0539. The Labute approximate surface area is 117 Å². The highest BCUT2D eigenvalue weighted by atomic mass is 16.6. The first kappa shape index (κ1) is 15.9. The van der Waals surface area contributed by atoms with Gasteiger partial charge in [-0.2, -0.15) is 0 Å². The molecule has 0 atom stereocenters. The quantitative estimate of drug-likeness (QED) is 0.430. The normalized spacial score (nSPS) is 10.1. The van der Waals surface area contributed by atoms with Gasteiger partial charge in [-0.05, 0) is 25.5 Å². The molecule has 0 spiro atoms. The second kappa shape index (κ2) is 8.11. The molecular weight excluding hydrogens is 262 g/mol. The van der Waals surface area contributed by atoms with E-state index in [-0.39, 0.29) is 11.3 Å². The van der Waals surface area contributed by atoms with Gasteiger partial charge in [-0.25, -0.2) is 0 Å². The zero-order chi connectivity index (χ0) is 15.0. The Hall–Kier alpha value is -2.15. The van der Waals surface area contributed by atoms with Gasteiger partial charge in [0.2, 0.25) is 0 Å². The van der Waals surface area contributed by atoms with Crippen molar-refractivity contribution in [3.8, 4) is 0 Å². The Morgan fingerprint density at radius 2 is 2.20 bits per heavy atom. The Kier molecular flexibility index (Phi) is 6.45. The van der Waals surface area contributed by atoms with Crippen LogP contribution in [0.2, 0.25) is 0 Å². The fourth-order valence-corrected chi connectivity index (χ4v) is 1.74. The SMILES string of the molecule is CCOCCCNC(=O)c1cccc(NC)c1[N+](=O)[O-]. The molecule has 0 unspecified atom stereocenters. The third kappa shape index (κ3) is 4.20. The Bertz CT molecular complexity index is 477. The predicted molar refractivity (Wildman–Crippen MR) is 76.1 cm³/mol. The maximum Gasteiger partial charge on any atom is 0.305 e. The van der Waals surface area contributed by atoms with Crippen LogP contribution in [0, 0.1) is 10.1 Å². The molecule has 0 saturated heterocycles. The van der Waals surface area contributed by atoms with Crippen LogP contribution in [0.5, 0.6) is 0 Å². The molecule has 0 fully saturated rings. The number of benzene rings is 1. The first-order chi connectivity index (χ1) is 9.61. The lowest BCUT2D eigenvalue weighted by molar-refractivity contribution is -0.384. The number of nitro groups is 1. The van der Waals surface area contributed by atoms with Gasteiger partial charge in [-0.1, -0.05) is 6.07 Å². The molecule has 1 rings (SSSR count). The van der Waals surface area contributed by atoms with Crippen molar-refractivity contribution in [3.63, 3.8) is 0 Å². The summed E-state index contributed by atoms with van der Waals surface area (Å²) in [6.45, 7) is 3.49. The number of hydrogen-bond acceptors (Lipinski definition) is 5. The molecule has 0 bridgehead atoms. The number of nitrogens with zero attached hydrogens (tertiary/aromatic N) is 1. The minimum Gasteiger partial charge on any atom is -0.383 e. The van der Waals surface area contributed by atoms with Gasteiger partial charge in [-0.3, -0.25) is 14.9 Å². The summed E-state index contributed by atoms with van der Waals surface area (Å²) in [6.07, 6.45) is 0.666. The van der Waals surface area contributed by atoms with Gasteiger partial charge in [-0.15, -0.1) is 0 Å². The molecule has 2 N–H and O–H groups in total. The van der Waals surface area contributed by atoms with E-state index in [1.54, 1.807) is 19.2 Å². The number of rotatable bonds is 8. The van der Waals surface area contributed by atoms with Crippen LogP contribution in [0.4, 0.5) is 11.4 Å². The molecule has 0 radical (unpaired) electrons. The van der Waals surface area contributed by atoms with Crippen molar-refractivity contribution in [1.82, 2.24) is 5.32 Å². The molecule has 0 heterocycles. The van der Waals surface area contributed by atoms with Crippen LogP contribution in [0.1, 0.15) is 23.7 Å². The summed E-state index contributed by atoms with van der Waals surface area (Å²) in [6, 6.07) is 4.61. The number of nitrogens with one attached hydrogen (secondary N) is 2. The van der Waals surface area contributed by atoms with Gasteiger partial charge >= 0.3 is 5.69 Å². The maximum absolute atomic E-state index is 12.0. The number of nitro benzene ring substituents is 1. The maximum atomic E-state index is 12.0. The molecule has 0 aliphatic rings. The smallest absolute Gasteiger partial charge is 0.305 e. The third-order valence-electron chi connectivity index (χ3n) is 2.69. The first-order valence-electron chi connectivity index (χ1n) is 6.42. The summed E-state index contributed by atoms with van der Waals surface area (Å²) in [5, 5.41) is 16.5. The largest absolute Gasteiger partial charge is 0.383 e. The van der Waals surface area contributed by atoms with Crippen molar-refractivity contribution >= 4 is 17.3 Å². The topological polar surface area (TPSA) is 93.5 Å². The fourth-order valence-electron chi connectivity index (χ4n) is 1.74. The van der Waals surface area contributed by atoms with Crippen molar-refractivity contribution in [2.45, 2.75) is 13.3 Å². The standard InChI is InChI=1S/C13H19N3O4/c1-3-20-9-5-8-15-13(17)10-6-4-7-11(14-2)12(10)16(18)19/h4,6-7,14H,3,5,8-9H2,1-2H3,(H,15,17). The van der Waals surface area contributed by atoms with E-state index in [1.807, 2.05) is 6.92 Å². The van der Waals surface area contributed by atoms with Crippen LogP contribution in [0.25, 0.3) is 0 Å². The number of carbonyl (C=O) groups is 1. The van der Waals surface area contributed by atoms with Crippen LogP contribution < -0.4 is 10.6 Å². The average molecular weight is 281 g/mol. The first-order valence-corrected chi connectivity index (χ1v) is 6.42. The molecule has 1 aromatic rings. The second-order valence-electron chi connectivity index (χ2n) is 4.02. The van der Waals surface area contributed by atoms with E-state index in [0.29, 0.717) is 31.9 Å². The number of amides is 1. The number of carbonyl (C=O) groups excluding carboxylic acids is 1. The zero-order valence-electron chi connectivity index (χ0n) is 11.6. The van der Waals surface area contributed by atoms with Gasteiger partial charge < -0.3 is 15.4 Å². The lowest BCUT2D eigenvalue weighted by Gasteiger charge is -2.08. The molecule has 0 aliphatic heterocycles. The van der Waals surface area contributed by atoms with Crippen LogP contribution in [0.15, 0.2) is 18.2 Å². The van der Waals surface area contributed by atoms with Gasteiger partial charge in [0.1, 0.15) is 11.3 Å². The molecular formula is C13H19N3O4. The van der Waals surface area contributed by atoms with Gasteiger partial charge in [0.25, 0.3) is 5.91 Å². The van der Waals surface area contributed by atoms with E-state index in [2.05, 4.69) is 10.6 Å². The van der Waals surface area contributed by atoms with E-state index in [9.17, 15) is 14.9 Å². The van der Waals surface area contributed by atoms with E-state index in [0.717, 1.165) is 0 Å². The van der Waals surface area contributed by atoms with E-state index >= 15 is 0 Å². The summed E-state index contributed by atoms with van der Waals surface area (Å²) in [7, 11) is 1.58. The van der Waals surface area contributed by atoms with E-state index in [4.69, 9.17) is 4.74 Å². The third-order valence-corrected chi connectivity index (χ3v) is 2.69. The number of anilines is 1. The Balaban J connectivity index is 2.75. The number of para-hydroxylation sites is 1. The zero-order valence-corrected chi connectivity index (χ0v) is 11.6. The monoisotopic (exact) mass is 281 g/mol. The van der Waals surface area contributed by atoms with E-state index in [1.165, 1.54) is 6.07 Å². The van der Waals surface area contributed by atoms with Crippen molar-refractivity contribution < 1.29 is 14.5 Å². The fraction of sp³-hybridized carbons (Fsp3) is 0.462. The number of ether oxygens (including phenoxy) is 1. The Morgan fingerprint density at radius 1 is 1.45 bits per heavy atom. The molecule has 0 aliphatic carbocycles. The molecule has 1 aromatic carbocycles. The van der Waals surface area contributed by atoms with Crippen LogP contribution in [0.3, 0.4) is 0 Å². The van der Waals surface area contributed by atoms with Crippen LogP contribution in [-0.4, -0.2) is 37.6 Å². The second-order valence-corrected chi connectivity index (χ2v) is 4.02. The van der Waals surface area contributed by atoms with Gasteiger partial charge in [0.05, 0.1) is 4.92 Å². The lowest BCUT2D eigenvalue weighted by atomic mass is 10.1. The lowest BCUT2D eigenvalue weighted by Crippen LogP contribution is -2.26. The van der Waals surface area contributed by atoms with Crippen LogP contribution in [-0.2, 0) is 4.74 Å². The molecule has 1 amide bonds. The predicted octanol–water partition coefficient (Wildman–Crippen LogP) is 1.79. The van der Waals surface area contributed by atoms with Crippen molar-refractivity contribution in [2.24, 2.45) is 0 Å². The average Bonchev–Trinajstić information content (AvgIpc) is 2.45. The summed E-state index contributed by atoms with van der Waals surface area (Å²) < 4.78 is 5.15. The van der Waals surface area contributed by atoms with Gasteiger partial charge in [0, 0.05) is 26.8 Å². The minimum atomic E-state index is -0.555.